The van der Waals surface area contributed by atoms with Crippen LogP contribution in [-0.4, -0.2) is 17.6 Å². The van der Waals surface area contributed by atoms with Crippen LogP contribution in [0.3, 0.4) is 0 Å². The standard InChI is InChI=1S/C14H10ClF2NO3/c15-8-1-6-11(12(19)7-8)13(20)18-9-2-4-10(5-3-9)21-14(16)17/h1-7,14,19H,(H,18,20). The number of amides is 1. The van der Waals surface area contributed by atoms with Gasteiger partial charge in [-0.15, -0.1) is 0 Å². The molecule has 0 saturated carbocycles. The van der Waals surface area contributed by atoms with E-state index in [1.54, 1.807) is 0 Å². The average Bonchev–Trinajstić information content (AvgIpc) is 2.40. The van der Waals surface area contributed by atoms with Crippen molar-refractivity contribution in [1.82, 2.24) is 0 Å². The first-order valence-corrected chi connectivity index (χ1v) is 6.18. The number of hydrogen-bond acceptors (Lipinski definition) is 3. The number of ether oxygens (including phenoxy) is 1. The first kappa shape index (κ1) is 15.1. The summed E-state index contributed by atoms with van der Waals surface area (Å²) in [7, 11) is 0. The van der Waals surface area contributed by atoms with E-state index in [9.17, 15) is 18.7 Å². The van der Waals surface area contributed by atoms with Gasteiger partial charge < -0.3 is 15.2 Å². The van der Waals surface area contributed by atoms with Crippen LogP contribution >= 0.6 is 11.6 Å². The van der Waals surface area contributed by atoms with Gasteiger partial charge in [-0.3, -0.25) is 4.79 Å². The second kappa shape index (κ2) is 6.41. The SMILES string of the molecule is O=C(Nc1ccc(OC(F)F)cc1)c1ccc(Cl)cc1O. The number of aromatic hydroxyl groups is 1. The van der Waals surface area contributed by atoms with Crippen LogP contribution in [0.2, 0.25) is 5.02 Å². The predicted octanol–water partition coefficient (Wildman–Crippen LogP) is 3.90. The Morgan fingerprint density at radius 3 is 2.43 bits per heavy atom. The van der Waals surface area contributed by atoms with Gasteiger partial charge in [0.15, 0.2) is 0 Å². The number of phenols is 1. The lowest BCUT2D eigenvalue weighted by Gasteiger charge is -2.08. The minimum atomic E-state index is -2.91. The van der Waals surface area contributed by atoms with Crippen LogP contribution in [0.1, 0.15) is 10.4 Å². The van der Waals surface area contributed by atoms with Crippen molar-refractivity contribution < 1.29 is 23.4 Å². The monoisotopic (exact) mass is 313 g/mol. The van der Waals surface area contributed by atoms with Crippen LogP contribution in [-0.2, 0) is 0 Å². The van der Waals surface area contributed by atoms with Gasteiger partial charge in [-0.05, 0) is 42.5 Å². The number of alkyl halides is 2. The van der Waals surface area contributed by atoms with Crippen LogP contribution in [0.5, 0.6) is 11.5 Å². The molecule has 1 amide bonds. The zero-order valence-corrected chi connectivity index (χ0v) is 11.3. The second-order valence-electron chi connectivity index (χ2n) is 4.02. The average molecular weight is 314 g/mol. The van der Waals surface area contributed by atoms with Crippen LogP contribution in [0.25, 0.3) is 0 Å². The van der Waals surface area contributed by atoms with Gasteiger partial charge in [-0.2, -0.15) is 8.78 Å². The topological polar surface area (TPSA) is 58.6 Å². The van der Waals surface area contributed by atoms with Crippen molar-refractivity contribution in [1.29, 1.82) is 0 Å². The van der Waals surface area contributed by atoms with E-state index in [1.807, 2.05) is 0 Å². The summed E-state index contributed by atoms with van der Waals surface area (Å²) < 4.78 is 28.2. The molecule has 0 atom stereocenters. The van der Waals surface area contributed by atoms with Crippen molar-refractivity contribution in [2.75, 3.05) is 5.32 Å². The highest BCUT2D eigenvalue weighted by Crippen LogP contribution is 2.23. The van der Waals surface area contributed by atoms with Gasteiger partial charge in [0.1, 0.15) is 11.5 Å². The first-order valence-electron chi connectivity index (χ1n) is 5.80. The molecule has 0 radical (unpaired) electrons. The van der Waals surface area contributed by atoms with Crippen LogP contribution in [0.4, 0.5) is 14.5 Å². The zero-order chi connectivity index (χ0) is 15.4. The summed E-state index contributed by atoms with van der Waals surface area (Å²) in [6, 6.07) is 9.49. The summed E-state index contributed by atoms with van der Waals surface area (Å²) >= 11 is 5.67. The summed E-state index contributed by atoms with van der Waals surface area (Å²) in [5.74, 6) is -0.818. The van der Waals surface area contributed by atoms with Gasteiger partial charge in [0.25, 0.3) is 5.91 Å². The molecule has 21 heavy (non-hydrogen) atoms. The van der Waals surface area contributed by atoms with E-state index in [0.29, 0.717) is 10.7 Å². The number of benzene rings is 2. The highest BCUT2D eigenvalue weighted by atomic mass is 35.5. The molecule has 110 valence electrons. The Hall–Kier alpha value is -2.34. The Morgan fingerprint density at radius 1 is 1.19 bits per heavy atom. The molecule has 0 spiro atoms. The summed E-state index contributed by atoms with van der Waals surface area (Å²) in [5.41, 5.74) is 0.420. The number of hydrogen-bond donors (Lipinski definition) is 2. The summed E-state index contributed by atoms with van der Waals surface area (Å²) in [4.78, 5) is 11.9. The minimum absolute atomic E-state index is 0.0164. The van der Waals surface area contributed by atoms with Crippen molar-refractivity contribution in [3.8, 4) is 11.5 Å². The molecule has 0 fully saturated rings. The third-order valence-corrected chi connectivity index (χ3v) is 2.78. The molecule has 7 heteroatoms. The Labute approximate surface area is 123 Å². The molecule has 2 aromatic rings. The Kier molecular flexibility index (Phi) is 4.59. The van der Waals surface area contributed by atoms with Gasteiger partial charge in [0.2, 0.25) is 0 Å². The van der Waals surface area contributed by atoms with E-state index < -0.39 is 12.5 Å². The molecular weight excluding hydrogens is 304 g/mol. The van der Waals surface area contributed by atoms with Gasteiger partial charge >= 0.3 is 6.61 Å². The van der Waals surface area contributed by atoms with Crippen molar-refractivity contribution in [3.63, 3.8) is 0 Å². The van der Waals surface area contributed by atoms with Crippen LogP contribution in [0.15, 0.2) is 42.5 Å². The lowest BCUT2D eigenvalue weighted by atomic mass is 10.2. The normalized spacial score (nSPS) is 10.5. The largest absolute Gasteiger partial charge is 0.507 e. The van der Waals surface area contributed by atoms with Gasteiger partial charge in [-0.25, -0.2) is 0 Å². The summed E-state index contributed by atoms with van der Waals surface area (Å²) in [5, 5.41) is 12.5. The molecule has 2 aromatic carbocycles. The summed E-state index contributed by atoms with van der Waals surface area (Å²) in [6.07, 6.45) is 0. The van der Waals surface area contributed by atoms with Crippen LogP contribution < -0.4 is 10.1 Å². The van der Waals surface area contributed by atoms with Gasteiger partial charge in [-0.1, -0.05) is 11.6 Å². The highest BCUT2D eigenvalue weighted by Gasteiger charge is 2.12. The number of carbonyl (C=O) groups excluding carboxylic acids is 1. The molecule has 0 saturated heterocycles. The third-order valence-electron chi connectivity index (χ3n) is 2.54. The molecule has 4 nitrogen and oxygen atoms in total. The number of anilines is 1. The second-order valence-corrected chi connectivity index (χ2v) is 4.45. The molecule has 0 unspecified atom stereocenters. The predicted molar refractivity (Wildman–Crippen MR) is 74.1 cm³/mol. The van der Waals surface area contributed by atoms with E-state index >= 15 is 0 Å². The molecule has 0 aliphatic heterocycles. The number of halogens is 3. The molecule has 0 aromatic heterocycles. The maximum absolute atomic E-state index is 12.0. The Morgan fingerprint density at radius 2 is 1.86 bits per heavy atom. The maximum Gasteiger partial charge on any atom is 0.387 e. The Bertz CT molecular complexity index is 647. The molecule has 0 bridgehead atoms. The lowest BCUT2D eigenvalue weighted by Crippen LogP contribution is -2.12. The number of carbonyl (C=O) groups is 1. The van der Waals surface area contributed by atoms with Crippen molar-refractivity contribution >= 4 is 23.2 Å². The molecular formula is C14H10ClF2NO3. The fourth-order valence-corrected chi connectivity index (χ4v) is 1.78. The maximum atomic E-state index is 12.0. The van der Waals surface area contributed by atoms with Crippen molar-refractivity contribution in [2.24, 2.45) is 0 Å². The highest BCUT2D eigenvalue weighted by molar-refractivity contribution is 6.30. The smallest absolute Gasteiger partial charge is 0.387 e. The number of nitrogens with one attached hydrogen (secondary N) is 1. The van der Waals surface area contributed by atoms with E-state index in [4.69, 9.17) is 11.6 Å². The quantitative estimate of drug-likeness (QED) is 0.900. The van der Waals surface area contributed by atoms with E-state index in [1.165, 1.54) is 42.5 Å². The third kappa shape index (κ3) is 4.06. The van der Waals surface area contributed by atoms with E-state index in [2.05, 4.69) is 10.1 Å². The van der Waals surface area contributed by atoms with Crippen molar-refractivity contribution in [3.05, 3.63) is 53.1 Å². The van der Waals surface area contributed by atoms with E-state index in [-0.39, 0.29) is 17.1 Å². The molecule has 0 aliphatic rings. The Balaban J connectivity index is 2.08. The molecule has 2 rings (SSSR count). The van der Waals surface area contributed by atoms with Crippen molar-refractivity contribution in [2.45, 2.75) is 6.61 Å². The fourth-order valence-electron chi connectivity index (χ4n) is 1.61. The fraction of sp³-hybridized carbons (Fsp3) is 0.0714. The van der Waals surface area contributed by atoms with Gasteiger partial charge in [0.05, 0.1) is 5.56 Å². The number of phenolic OH excluding ortho intramolecular Hbond substituents is 1. The summed E-state index contributed by atoms with van der Waals surface area (Å²) in [6.45, 7) is -2.91. The molecule has 0 aliphatic carbocycles. The molecule has 2 N–H and O–H groups in total. The minimum Gasteiger partial charge on any atom is -0.507 e. The first-order chi connectivity index (χ1) is 9.95. The molecule has 0 heterocycles. The van der Waals surface area contributed by atoms with Crippen LogP contribution in [0, 0.1) is 0 Å². The van der Waals surface area contributed by atoms with E-state index in [0.717, 1.165) is 0 Å². The van der Waals surface area contributed by atoms with Gasteiger partial charge in [0, 0.05) is 10.7 Å². The number of rotatable bonds is 4. The lowest BCUT2D eigenvalue weighted by molar-refractivity contribution is -0.0498. The zero-order valence-electron chi connectivity index (χ0n) is 10.5.